The number of carbonyl (C=O) groups is 8. The number of guanidine groups is 1. The molecule has 1 rings (SSSR count). The van der Waals surface area contributed by atoms with Crippen molar-refractivity contribution in [3.05, 3.63) is 0 Å². The second-order valence-corrected chi connectivity index (χ2v) is 13.3. The summed E-state index contributed by atoms with van der Waals surface area (Å²) in [6, 6.07) is -9.14. The van der Waals surface area contributed by atoms with Crippen molar-refractivity contribution in [1.29, 1.82) is 5.41 Å². The number of cyclic esters (lactones) is 1. The number of nitrogens with one attached hydrogen (secondary N) is 8. The molecular formula is C32H56N10O11. The predicted octanol–water partition coefficient (Wildman–Crippen LogP) is -4.56. The van der Waals surface area contributed by atoms with Gasteiger partial charge in [0.05, 0.1) is 25.0 Å². The molecule has 11 atom stereocenters. The maximum absolute atomic E-state index is 13.9. The fraction of sp³-hybridized carbons (Fsp3) is 0.719. The Morgan fingerprint density at radius 1 is 0.792 bits per heavy atom. The first kappa shape index (κ1) is 46.0. The monoisotopic (exact) mass is 756 g/mol. The maximum Gasteiger partial charge on any atom is 0.328 e. The first-order valence-electron chi connectivity index (χ1n) is 17.4. The number of carbonyl (C=O) groups excluding carboxylic acids is 8. The van der Waals surface area contributed by atoms with Crippen LogP contribution in [0, 0.1) is 17.2 Å². The van der Waals surface area contributed by atoms with E-state index in [2.05, 4.69) is 37.2 Å². The number of esters is 1. The standard InChI is InChI=1S/C32H56N10O11/c1-8-13(3)22-27(48)40-23(14(4)9-2)28(49)42-24(16(6)43)29(50)38-19(11-20(33)45)26(47)37-15(5)31(52)53-17(7)25(30(51)41-22)39-21(46)10-18(44)12-36-32(34)35/h13-19,22-25,43-44H,8-12H2,1-7H3,(H2,33,45)(H,37,47)(H,38,50)(H,39,46)(H,40,48)(H,41,51)(H,42,49)(H4,34,35,36). The third-order valence-corrected chi connectivity index (χ3v) is 8.72. The Morgan fingerprint density at radius 2 is 1.28 bits per heavy atom. The van der Waals surface area contributed by atoms with Gasteiger partial charge in [-0.05, 0) is 32.6 Å². The average molecular weight is 757 g/mol. The van der Waals surface area contributed by atoms with Crippen molar-refractivity contribution < 1.29 is 53.3 Å². The lowest BCUT2D eigenvalue weighted by Gasteiger charge is -2.32. The van der Waals surface area contributed by atoms with E-state index in [4.69, 9.17) is 21.6 Å². The number of hydrogen-bond donors (Lipinski definition) is 12. The van der Waals surface area contributed by atoms with Gasteiger partial charge < -0.3 is 63.6 Å². The number of aliphatic hydroxyl groups is 2. The minimum atomic E-state index is -1.69. The summed E-state index contributed by atoms with van der Waals surface area (Å²) in [4.78, 5) is 106. The molecule has 11 unspecified atom stereocenters. The molecule has 1 saturated heterocycles. The molecule has 0 aromatic rings. The van der Waals surface area contributed by atoms with Crippen LogP contribution in [0.25, 0.3) is 0 Å². The number of primary amides is 1. The molecule has 0 bridgehead atoms. The van der Waals surface area contributed by atoms with Gasteiger partial charge in [0.25, 0.3) is 0 Å². The first-order valence-corrected chi connectivity index (χ1v) is 17.4. The number of aliphatic hydroxyl groups excluding tert-OH is 2. The zero-order valence-corrected chi connectivity index (χ0v) is 31.1. The van der Waals surface area contributed by atoms with Gasteiger partial charge in [0.1, 0.15) is 42.4 Å². The molecule has 1 aliphatic rings. The van der Waals surface area contributed by atoms with E-state index in [0.717, 1.165) is 0 Å². The quantitative estimate of drug-likeness (QED) is 0.0508. The van der Waals surface area contributed by atoms with Crippen LogP contribution in [-0.2, 0) is 43.1 Å². The zero-order chi connectivity index (χ0) is 40.7. The minimum absolute atomic E-state index is 0.280. The molecule has 1 heterocycles. The molecule has 1 fully saturated rings. The minimum Gasteiger partial charge on any atom is -0.458 e. The van der Waals surface area contributed by atoms with Gasteiger partial charge in [-0.1, -0.05) is 40.5 Å². The Balaban J connectivity index is 3.75. The van der Waals surface area contributed by atoms with Crippen molar-refractivity contribution in [3.63, 3.8) is 0 Å². The van der Waals surface area contributed by atoms with E-state index in [1.165, 1.54) is 20.8 Å². The van der Waals surface area contributed by atoms with Gasteiger partial charge in [-0.25, -0.2) is 4.79 Å². The topological polar surface area (TPSA) is 346 Å². The van der Waals surface area contributed by atoms with Crippen LogP contribution in [0.4, 0.5) is 0 Å². The number of amides is 7. The first-order chi connectivity index (χ1) is 24.6. The van der Waals surface area contributed by atoms with Crippen molar-refractivity contribution in [2.75, 3.05) is 6.54 Å². The van der Waals surface area contributed by atoms with Gasteiger partial charge >= 0.3 is 5.97 Å². The van der Waals surface area contributed by atoms with Gasteiger partial charge in [0, 0.05) is 6.54 Å². The number of ether oxygens (including phenoxy) is 1. The van der Waals surface area contributed by atoms with E-state index in [9.17, 15) is 48.6 Å². The molecular weight excluding hydrogens is 700 g/mol. The number of hydrogen-bond acceptors (Lipinski definition) is 12. The molecule has 21 nitrogen and oxygen atoms in total. The molecule has 1 aliphatic heterocycles. The van der Waals surface area contributed by atoms with E-state index >= 15 is 0 Å². The Morgan fingerprint density at radius 3 is 1.75 bits per heavy atom. The molecule has 0 radical (unpaired) electrons. The van der Waals surface area contributed by atoms with Crippen molar-refractivity contribution in [3.8, 4) is 0 Å². The fourth-order valence-corrected chi connectivity index (χ4v) is 5.08. The number of nitrogens with two attached hydrogens (primary N) is 2. The molecule has 7 amide bonds. The van der Waals surface area contributed by atoms with Crippen LogP contribution in [0.2, 0.25) is 0 Å². The average Bonchev–Trinajstić information content (AvgIpc) is 3.07. The second-order valence-electron chi connectivity index (χ2n) is 13.3. The largest absolute Gasteiger partial charge is 0.458 e. The molecule has 21 heteroatoms. The second kappa shape index (κ2) is 21.5. The van der Waals surface area contributed by atoms with Crippen LogP contribution in [0.5, 0.6) is 0 Å². The molecule has 53 heavy (non-hydrogen) atoms. The summed E-state index contributed by atoms with van der Waals surface area (Å²) in [7, 11) is 0. The van der Waals surface area contributed by atoms with E-state index in [0.29, 0.717) is 12.8 Å². The van der Waals surface area contributed by atoms with Crippen molar-refractivity contribution in [2.45, 2.75) is 129 Å². The van der Waals surface area contributed by atoms with Crippen LogP contribution in [-0.4, -0.2) is 125 Å². The van der Waals surface area contributed by atoms with Crippen LogP contribution < -0.4 is 48.7 Å². The molecule has 0 aliphatic carbocycles. The predicted molar refractivity (Wildman–Crippen MR) is 188 cm³/mol. The molecule has 0 aromatic heterocycles. The molecule has 300 valence electrons. The van der Waals surface area contributed by atoms with Crippen molar-refractivity contribution >= 4 is 53.3 Å². The summed E-state index contributed by atoms with van der Waals surface area (Å²) in [6.45, 7) is 10.1. The molecule has 0 aromatic carbocycles. The molecule has 0 spiro atoms. The lowest BCUT2D eigenvalue weighted by molar-refractivity contribution is -0.155. The SMILES string of the molecule is CCC(C)C1NC(=O)C(C(C)CC)NC(=O)C(NC(=O)CC(O)CNC(=N)N)C(C)OC(=O)C(C)NC(=O)C(CC(N)=O)NC(=O)C(C(C)O)NC1=O. The van der Waals surface area contributed by atoms with Gasteiger partial charge in [0.2, 0.25) is 41.4 Å². The molecule has 14 N–H and O–H groups in total. The van der Waals surface area contributed by atoms with Gasteiger partial charge in [-0.2, -0.15) is 0 Å². The van der Waals surface area contributed by atoms with Crippen molar-refractivity contribution in [1.82, 2.24) is 37.2 Å². The number of rotatable bonds is 12. The van der Waals surface area contributed by atoms with E-state index in [1.54, 1.807) is 27.7 Å². The highest BCUT2D eigenvalue weighted by atomic mass is 16.5. The van der Waals surface area contributed by atoms with Crippen LogP contribution in [0.3, 0.4) is 0 Å². The van der Waals surface area contributed by atoms with Gasteiger partial charge in [-0.15, -0.1) is 0 Å². The summed E-state index contributed by atoms with van der Waals surface area (Å²) in [6.07, 6.45) is -4.99. The Labute approximate surface area is 307 Å². The smallest absolute Gasteiger partial charge is 0.328 e. The highest BCUT2D eigenvalue weighted by molar-refractivity contribution is 5.98. The Bertz CT molecular complexity index is 1360. The normalized spacial score (nSPS) is 27.6. The third-order valence-electron chi connectivity index (χ3n) is 8.72. The van der Waals surface area contributed by atoms with E-state index in [-0.39, 0.29) is 6.54 Å². The summed E-state index contributed by atoms with van der Waals surface area (Å²) < 4.78 is 5.44. The summed E-state index contributed by atoms with van der Waals surface area (Å²) >= 11 is 0. The van der Waals surface area contributed by atoms with Crippen molar-refractivity contribution in [2.24, 2.45) is 23.3 Å². The van der Waals surface area contributed by atoms with E-state index in [1.807, 2.05) is 0 Å². The summed E-state index contributed by atoms with van der Waals surface area (Å²) in [5.41, 5.74) is 10.5. The van der Waals surface area contributed by atoms with Gasteiger partial charge in [0.15, 0.2) is 5.96 Å². The summed E-state index contributed by atoms with van der Waals surface area (Å²) in [5, 5.41) is 44.8. The fourth-order valence-electron chi connectivity index (χ4n) is 5.08. The van der Waals surface area contributed by atoms with Crippen LogP contribution >= 0.6 is 0 Å². The van der Waals surface area contributed by atoms with Crippen LogP contribution in [0.15, 0.2) is 0 Å². The van der Waals surface area contributed by atoms with Gasteiger partial charge in [-0.3, -0.25) is 39.0 Å². The Hall–Kier alpha value is -5.05. The van der Waals surface area contributed by atoms with E-state index < -0.39 is 133 Å². The maximum atomic E-state index is 13.9. The molecule has 0 saturated carbocycles. The van der Waals surface area contributed by atoms with Crippen LogP contribution in [0.1, 0.15) is 74.1 Å². The lowest BCUT2D eigenvalue weighted by Crippen LogP contribution is -2.63. The highest BCUT2D eigenvalue weighted by Crippen LogP contribution is 2.14. The summed E-state index contributed by atoms with van der Waals surface area (Å²) in [5.74, 6) is -9.44. The lowest BCUT2D eigenvalue weighted by atomic mass is 9.94. The third kappa shape index (κ3) is 14.8. The Kier molecular flexibility index (Phi) is 18.6. The zero-order valence-electron chi connectivity index (χ0n) is 31.1. The highest BCUT2D eigenvalue weighted by Gasteiger charge is 2.39.